The molecule has 0 saturated heterocycles. The van der Waals surface area contributed by atoms with Crippen molar-refractivity contribution < 1.29 is 24.5 Å². The van der Waals surface area contributed by atoms with Gasteiger partial charge < -0.3 is 24.7 Å². The highest BCUT2D eigenvalue weighted by atomic mass is 17.0. The molecule has 1 atom stereocenters. The number of ether oxygens (including phenoxy) is 2. The summed E-state index contributed by atoms with van der Waals surface area (Å²) in [4.78, 5) is 15.0. The van der Waals surface area contributed by atoms with E-state index in [1.54, 1.807) is 0 Å². The summed E-state index contributed by atoms with van der Waals surface area (Å²) in [6, 6.07) is 5.52. The summed E-state index contributed by atoms with van der Waals surface area (Å²) in [6.45, 7) is 2.47. The van der Waals surface area contributed by atoms with Gasteiger partial charge in [-0.1, -0.05) is 12.1 Å². The molecule has 1 aliphatic rings. The first kappa shape index (κ1) is 17.3. The molecule has 2 N–H and O–H groups in total. The van der Waals surface area contributed by atoms with Gasteiger partial charge in [-0.25, -0.2) is 0 Å². The van der Waals surface area contributed by atoms with Crippen molar-refractivity contribution in [3.8, 4) is 11.5 Å². The van der Waals surface area contributed by atoms with Gasteiger partial charge in [-0.2, -0.15) is 0 Å². The number of hydrogen-bond acceptors (Lipinski definition) is 7. The van der Waals surface area contributed by atoms with Gasteiger partial charge in [0.1, 0.15) is 12.7 Å². The fraction of sp³-hybridized carbons (Fsp3) is 0.600. The summed E-state index contributed by atoms with van der Waals surface area (Å²) in [6.07, 6.45) is 1.43. The van der Waals surface area contributed by atoms with Crippen LogP contribution in [0, 0.1) is 10.1 Å². The monoisotopic (exact) mass is 326 g/mol. The summed E-state index contributed by atoms with van der Waals surface area (Å²) in [5.74, 6) is 1.29. The van der Waals surface area contributed by atoms with Gasteiger partial charge in [0.05, 0.1) is 6.61 Å². The molecule has 0 aromatic heterocycles. The summed E-state index contributed by atoms with van der Waals surface area (Å²) >= 11 is 0. The van der Waals surface area contributed by atoms with Gasteiger partial charge in [0, 0.05) is 18.6 Å². The second-order valence-electron chi connectivity index (χ2n) is 5.24. The Morgan fingerprint density at radius 1 is 1.39 bits per heavy atom. The van der Waals surface area contributed by atoms with Gasteiger partial charge in [-0.3, -0.25) is 0 Å². The Labute approximate surface area is 134 Å². The van der Waals surface area contributed by atoms with Crippen LogP contribution < -0.4 is 14.8 Å². The van der Waals surface area contributed by atoms with E-state index in [1.807, 2.05) is 18.2 Å². The third-order valence-electron chi connectivity index (χ3n) is 3.42. The Morgan fingerprint density at radius 2 is 2.22 bits per heavy atom. The standard InChI is InChI=1S/C15H22N2O6/c18-8-2-6-16-7-3-9-21-14-5-1-4-12-10-13(23-17(19)20)11-22-15(12)14/h1,4-5,13,16,18H,2-3,6-11H2. The van der Waals surface area contributed by atoms with Gasteiger partial charge in [-0.15, -0.1) is 10.1 Å². The van der Waals surface area contributed by atoms with Gasteiger partial charge in [-0.05, 0) is 32.0 Å². The van der Waals surface area contributed by atoms with Gasteiger partial charge >= 0.3 is 0 Å². The molecule has 0 fully saturated rings. The molecule has 128 valence electrons. The molecule has 0 aliphatic carbocycles. The molecule has 0 amide bonds. The minimum absolute atomic E-state index is 0.136. The highest BCUT2D eigenvalue weighted by Gasteiger charge is 2.25. The Morgan fingerprint density at radius 3 is 3.00 bits per heavy atom. The largest absolute Gasteiger partial charge is 0.490 e. The van der Waals surface area contributed by atoms with Gasteiger partial charge in [0.2, 0.25) is 0 Å². The lowest BCUT2D eigenvalue weighted by Crippen LogP contribution is -2.31. The highest BCUT2D eigenvalue weighted by Crippen LogP contribution is 2.35. The van der Waals surface area contributed by atoms with Crippen molar-refractivity contribution >= 4 is 0 Å². The number of fused-ring (bicyclic) bond motifs is 1. The number of benzene rings is 1. The van der Waals surface area contributed by atoms with Crippen LogP contribution >= 0.6 is 0 Å². The SMILES string of the molecule is O=[N+]([O-])OC1COc2c(cccc2OCCCNCCCO)C1. The lowest BCUT2D eigenvalue weighted by molar-refractivity contribution is -0.769. The number of hydrogen-bond donors (Lipinski definition) is 2. The fourth-order valence-corrected chi connectivity index (χ4v) is 2.38. The fourth-order valence-electron chi connectivity index (χ4n) is 2.38. The van der Waals surface area contributed by atoms with Crippen molar-refractivity contribution in [3.63, 3.8) is 0 Å². The van der Waals surface area contributed by atoms with Crippen LogP contribution in [0.2, 0.25) is 0 Å². The molecule has 23 heavy (non-hydrogen) atoms. The molecule has 1 heterocycles. The maximum atomic E-state index is 10.4. The van der Waals surface area contributed by atoms with Crippen LogP contribution in [-0.4, -0.2) is 49.2 Å². The van der Waals surface area contributed by atoms with E-state index >= 15 is 0 Å². The van der Waals surface area contributed by atoms with Crippen molar-refractivity contribution in [3.05, 3.63) is 33.9 Å². The molecule has 1 aromatic carbocycles. The number of para-hydroxylation sites is 1. The molecule has 8 nitrogen and oxygen atoms in total. The topological polar surface area (TPSA) is 103 Å². The van der Waals surface area contributed by atoms with E-state index in [0.717, 1.165) is 31.5 Å². The van der Waals surface area contributed by atoms with Crippen LogP contribution in [0.1, 0.15) is 18.4 Å². The lowest BCUT2D eigenvalue weighted by atomic mass is 10.0. The third-order valence-corrected chi connectivity index (χ3v) is 3.42. The zero-order valence-corrected chi connectivity index (χ0v) is 12.9. The normalized spacial score (nSPS) is 16.3. The maximum absolute atomic E-state index is 10.4. The summed E-state index contributed by atoms with van der Waals surface area (Å²) < 4.78 is 11.3. The zero-order chi connectivity index (χ0) is 16.5. The molecule has 1 unspecified atom stereocenters. The minimum Gasteiger partial charge on any atom is -0.490 e. The smallest absolute Gasteiger partial charge is 0.294 e. The molecular weight excluding hydrogens is 304 g/mol. The van der Waals surface area contributed by atoms with E-state index in [-0.39, 0.29) is 13.2 Å². The molecule has 0 radical (unpaired) electrons. The van der Waals surface area contributed by atoms with Crippen molar-refractivity contribution in [1.29, 1.82) is 0 Å². The Hall–Kier alpha value is -2.06. The van der Waals surface area contributed by atoms with Crippen molar-refractivity contribution in [2.24, 2.45) is 0 Å². The first-order valence-electron chi connectivity index (χ1n) is 7.71. The highest BCUT2D eigenvalue weighted by molar-refractivity contribution is 5.48. The summed E-state index contributed by atoms with van der Waals surface area (Å²) in [7, 11) is 0. The number of nitrogens with zero attached hydrogens (tertiary/aromatic N) is 1. The molecule has 1 aromatic rings. The van der Waals surface area contributed by atoms with E-state index < -0.39 is 11.2 Å². The molecule has 0 saturated carbocycles. The molecule has 8 heteroatoms. The maximum Gasteiger partial charge on any atom is 0.294 e. The quantitative estimate of drug-likeness (QED) is 0.375. The molecule has 2 rings (SSSR count). The van der Waals surface area contributed by atoms with Crippen molar-refractivity contribution in [1.82, 2.24) is 5.32 Å². The Bertz CT molecular complexity index is 511. The van der Waals surface area contributed by atoms with E-state index in [0.29, 0.717) is 24.5 Å². The van der Waals surface area contributed by atoms with Crippen LogP contribution in [0.15, 0.2) is 18.2 Å². The predicted molar refractivity (Wildman–Crippen MR) is 82.2 cm³/mol. The number of aliphatic hydroxyl groups excluding tert-OH is 1. The molecule has 0 bridgehead atoms. The minimum atomic E-state index is -0.789. The van der Waals surface area contributed by atoms with Crippen molar-refractivity contribution in [2.45, 2.75) is 25.4 Å². The first-order chi connectivity index (χ1) is 11.2. The number of aliphatic hydroxyl groups is 1. The third kappa shape index (κ3) is 5.57. The second-order valence-corrected chi connectivity index (χ2v) is 5.24. The lowest BCUT2D eigenvalue weighted by Gasteiger charge is -2.25. The average molecular weight is 326 g/mol. The van der Waals surface area contributed by atoms with E-state index in [4.69, 9.17) is 14.6 Å². The number of rotatable bonds is 10. The van der Waals surface area contributed by atoms with E-state index in [9.17, 15) is 10.1 Å². The van der Waals surface area contributed by atoms with Crippen LogP contribution in [0.3, 0.4) is 0 Å². The van der Waals surface area contributed by atoms with Gasteiger partial charge in [0.15, 0.2) is 11.5 Å². The van der Waals surface area contributed by atoms with Crippen LogP contribution in [0.4, 0.5) is 0 Å². The van der Waals surface area contributed by atoms with Crippen LogP contribution in [-0.2, 0) is 11.3 Å². The van der Waals surface area contributed by atoms with Crippen LogP contribution in [0.25, 0.3) is 0 Å². The predicted octanol–water partition coefficient (Wildman–Crippen LogP) is 0.939. The Kier molecular flexibility index (Phi) is 6.89. The zero-order valence-electron chi connectivity index (χ0n) is 12.9. The van der Waals surface area contributed by atoms with E-state index in [2.05, 4.69) is 10.2 Å². The van der Waals surface area contributed by atoms with Crippen LogP contribution in [0.5, 0.6) is 11.5 Å². The van der Waals surface area contributed by atoms with E-state index in [1.165, 1.54) is 0 Å². The second kappa shape index (κ2) is 9.16. The van der Waals surface area contributed by atoms with Crippen molar-refractivity contribution in [2.75, 3.05) is 32.9 Å². The first-order valence-corrected chi connectivity index (χ1v) is 7.71. The number of nitrogens with one attached hydrogen (secondary N) is 1. The molecule has 1 aliphatic heterocycles. The molecular formula is C15H22N2O6. The summed E-state index contributed by atoms with van der Waals surface area (Å²) in [5, 5.41) is 21.5. The van der Waals surface area contributed by atoms with Gasteiger partial charge in [0.25, 0.3) is 5.09 Å². The summed E-state index contributed by atoms with van der Waals surface area (Å²) in [5.41, 5.74) is 0.849. The average Bonchev–Trinajstić information content (AvgIpc) is 2.53. The molecule has 0 spiro atoms. The Balaban J connectivity index is 1.79.